The molecule has 6 heteroatoms. The predicted molar refractivity (Wildman–Crippen MR) is 145 cm³/mol. The Kier molecular flexibility index (Phi) is 9.12. The summed E-state index contributed by atoms with van der Waals surface area (Å²) in [5.41, 5.74) is 5.08. The first-order chi connectivity index (χ1) is 15.7. The average Bonchev–Trinajstić information content (AvgIpc) is 2.86. The number of rotatable bonds is 6. The Morgan fingerprint density at radius 2 is 1.47 bits per heavy atom. The first-order valence-electron chi connectivity index (χ1n) is 11.6. The second kappa shape index (κ2) is 11.8. The molecule has 2 heterocycles. The van der Waals surface area contributed by atoms with Gasteiger partial charge in [0.15, 0.2) is 0 Å². The van der Waals surface area contributed by atoms with Crippen molar-refractivity contribution >= 4 is 36.7 Å². The maximum Gasteiger partial charge on any atom is 0.123 e. The monoisotopic (exact) mass is 499 g/mol. The Labute approximate surface area is 214 Å². The molecule has 1 unspecified atom stereocenters. The molecule has 34 heavy (non-hydrogen) atoms. The van der Waals surface area contributed by atoms with E-state index < -0.39 is 0 Å². The van der Waals surface area contributed by atoms with Gasteiger partial charge in [0, 0.05) is 43.5 Å². The third kappa shape index (κ3) is 5.46. The van der Waals surface area contributed by atoms with Crippen molar-refractivity contribution in [3.8, 4) is 0 Å². The van der Waals surface area contributed by atoms with Crippen molar-refractivity contribution in [2.45, 2.75) is 18.3 Å². The molecule has 0 aliphatic carbocycles. The highest BCUT2D eigenvalue weighted by atomic mass is 35.5. The third-order valence-electron chi connectivity index (χ3n) is 7.04. The number of hydrogen-bond donors (Lipinski definition) is 0. The van der Waals surface area contributed by atoms with Crippen LogP contribution in [0.4, 0.5) is 10.1 Å². The van der Waals surface area contributed by atoms with Crippen LogP contribution in [0.3, 0.4) is 0 Å². The van der Waals surface area contributed by atoms with Crippen LogP contribution in [0.15, 0.2) is 83.9 Å². The lowest BCUT2D eigenvalue weighted by molar-refractivity contribution is 0.245. The van der Waals surface area contributed by atoms with Crippen LogP contribution in [0, 0.1) is 5.82 Å². The van der Waals surface area contributed by atoms with Gasteiger partial charge in [-0.05, 0) is 60.3 Å². The van der Waals surface area contributed by atoms with Crippen LogP contribution >= 0.6 is 24.8 Å². The first kappa shape index (κ1) is 26.2. The van der Waals surface area contributed by atoms with Gasteiger partial charge >= 0.3 is 0 Å². The number of hydrogen-bond acceptors (Lipinski definition) is 3. The maximum absolute atomic E-state index is 13.2. The lowest BCUT2D eigenvalue weighted by atomic mass is 9.69. The largest absolute Gasteiger partial charge is 0.369 e. The van der Waals surface area contributed by atoms with Gasteiger partial charge in [-0.2, -0.15) is 0 Å². The summed E-state index contributed by atoms with van der Waals surface area (Å²) < 4.78 is 13.2. The molecule has 0 spiro atoms. The van der Waals surface area contributed by atoms with Crippen LogP contribution in [0.1, 0.15) is 29.5 Å². The highest BCUT2D eigenvalue weighted by molar-refractivity contribution is 5.86. The number of halogens is 3. The second-order valence-electron chi connectivity index (χ2n) is 8.91. The van der Waals surface area contributed by atoms with Gasteiger partial charge in [0.2, 0.25) is 0 Å². The highest BCUT2D eigenvalue weighted by Crippen LogP contribution is 2.40. The van der Waals surface area contributed by atoms with E-state index in [1.54, 1.807) is 12.1 Å². The zero-order chi connectivity index (χ0) is 21.8. The molecule has 0 bridgehead atoms. The molecule has 180 valence electrons. The van der Waals surface area contributed by atoms with Gasteiger partial charge in [0.1, 0.15) is 5.82 Å². The Balaban J connectivity index is 0.00000162. The number of nitrogens with zero attached hydrogens (tertiary/aromatic N) is 3. The van der Waals surface area contributed by atoms with Gasteiger partial charge in [0.05, 0.1) is 6.54 Å². The zero-order valence-electron chi connectivity index (χ0n) is 19.3. The molecule has 0 radical (unpaired) electrons. The van der Waals surface area contributed by atoms with E-state index in [1.165, 1.54) is 16.7 Å². The Bertz CT molecular complexity index is 1070. The van der Waals surface area contributed by atoms with Gasteiger partial charge in [-0.1, -0.05) is 54.6 Å². The molecule has 3 nitrogen and oxygen atoms in total. The molecule has 3 aromatic rings. The van der Waals surface area contributed by atoms with Gasteiger partial charge < -0.3 is 4.90 Å². The van der Waals surface area contributed by atoms with Crippen molar-refractivity contribution in [1.29, 1.82) is 0 Å². The minimum absolute atomic E-state index is 0. The molecular formula is C28H32Cl2FN3. The van der Waals surface area contributed by atoms with E-state index in [9.17, 15) is 4.39 Å². The molecule has 1 atom stereocenters. The topological polar surface area (TPSA) is 18.8 Å². The van der Waals surface area contributed by atoms with E-state index in [0.717, 1.165) is 57.8 Å². The average molecular weight is 500 g/mol. The molecule has 1 fully saturated rings. The molecule has 1 saturated heterocycles. The predicted octanol–water partition coefficient (Wildman–Crippen LogP) is 5.99. The molecule has 5 rings (SSSR count). The van der Waals surface area contributed by atoms with Crippen LogP contribution < -0.4 is 4.90 Å². The summed E-state index contributed by atoms with van der Waals surface area (Å²) in [6.07, 6.45) is 4.25. The summed E-state index contributed by atoms with van der Waals surface area (Å²) in [4.78, 5) is 9.71. The van der Waals surface area contributed by atoms with Crippen LogP contribution in [-0.2, 0) is 5.41 Å². The van der Waals surface area contributed by atoms with Crippen molar-refractivity contribution in [3.05, 3.63) is 101 Å². The molecule has 0 N–H and O–H groups in total. The second-order valence-corrected chi connectivity index (χ2v) is 8.91. The van der Waals surface area contributed by atoms with E-state index in [1.807, 2.05) is 18.3 Å². The van der Waals surface area contributed by atoms with E-state index in [0.29, 0.717) is 0 Å². The quantitative estimate of drug-likeness (QED) is 0.414. The number of benzene rings is 3. The summed E-state index contributed by atoms with van der Waals surface area (Å²) >= 11 is 0. The Morgan fingerprint density at radius 3 is 2.21 bits per heavy atom. The van der Waals surface area contributed by atoms with Crippen molar-refractivity contribution in [1.82, 2.24) is 4.90 Å². The molecule has 0 amide bonds. The lowest BCUT2D eigenvalue weighted by Crippen LogP contribution is -2.47. The van der Waals surface area contributed by atoms with E-state index in [4.69, 9.17) is 4.99 Å². The van der Waals surface area contributed by atoms with Crippen molar-refractivity contribution in [3.63, 3.8) is 0 Å². The fourth-order valence-electron chi connectivity index (χ4n) is 5.28. The SMILES string of the molecule is Cl.Cl.Fc1ccc(N2CCN(CCCC3(c4ccccc4)CN=Cc4ccccc43)CC2)cc1. The van der Waals surface area contributed by atoms with Gasteiger partial charge in [-0.15, -0.1) is 24.8 Å². The van der Waals surface area contributed by atoms with E-state index in [2.05, 4.69) is 64.4 Å². The molecule has 0 saturated carbocycles. The normalized spacial score (nSPS) is 19.6. The first-order valence-corrected chi connectivity index (χ1v) is 11.6. The van der Waals surface area contributed by atoms with Crippen LogP contribution in [0.2, 0.25) is 0 Å². The fourth-order valence-corrected chi connectivity index (χ4v) is 5.28. The summed E-state index contributed by atoms with van der Waals surface area (Å²) in [6, 6.07) is 26.5. The Morgan fingerprint density at radius 1 is 0.794 bits per heavy atom. The number of piperazine rings is 1. The fraction of sp³-hybridized carbons (Fsp3) is 0.321. The number of anilines is 1. The van der Waals surface area contributed by atoms with Crippen LogP contribution in [0.25, 0.3) is 0 Å². The maximum atomic E-state index is 13.2. The summed E-state index contributed by atoms with van der Waals surface area (Å²) in [7, 11) is 0. The minimum Gasteiger partial charge on any atom is -0.369 e. The number of aliphatic imine (C=N–C) groups is 1. The molecule has 3 aromatic carbocycles. The highest BCUT2D eigenvalue weighted by Gasteiger charge is 2.37. The number of fused-ring (bicyclic) bond motifs is 1. The van der Waals surface area contributed by atoms with Gasteiger partial charge in [0.25, 0.3) is 0 Å². The van der Waals surface area contributed by atoms with Gasteiger partial charge in [-0.3, -0.25) is 9.89 Å². The third-order valence-corrected chi connectivity index (χ3v) is 7.04. The van der Waals surface area contributed by atoms with E-state index >= 15 is 0 Å². The summed E-state index contributed by atoms with van der Waals surface area (Å²) in [5, 5.41) is 0. The van der Waals surface area contributed by atoms with Crippen LogP contribution in [0.5, 0.6) is 0 Å². The lowest BCUT2D eigenvalue weighted by Gasteiger charge is -2.39. The smallest absolute Gasteiger partial charge is 0.123 e. The van der Waals surface area contributed by atoms with E-state index in [-0.39, 0.29) is 36.0 Å². The standard InChI is InChI=1S/C28H30FN3.2ClH/c29-25-11-13-26(14-12-25)32-19-17-31(18-20-32)16-6-15-28(24-8-2-1-3-9-24)22-30-21-23-7-4-5-10-27(23)28;;/h1-5,7-14,21H,6,15-20,22H2;2*1H. The van der Waals surface area contributed by atoms with Crippen molar-refractivity contribution < 1.29 is 4.39 Å². The Hall–Kier alpha value is -2.40. The summed E-state index contributed by atoms with van der Waals surface area (Å²) in [5.74, 6) is -0.173. The molecule has 2 aliphatic rings. The minimum atomic E-state index is -0.173. The molecular weight excluding hydrogens is 468 g/mol. The molecule has 2 aliphatic heterocycles. The van der Waals surface area contributed by atoms with Gasteiger partial charge in [-0.25, -0.2) is 4.39 Å². The summed E-state index contributed by atoms with van der Waals surface area (Å²) in [6.45, 7) is 5.98. The van der Waals surface area contributed by atoms with Crippen molar-refractivity contribution in [2.75, 3.05) is 44.2 Å². The van der Waals surface area contributed by atoms with Crippen molar-refractivity contribution in [2.24, 2.45) is 4.99 Å². The zero-order valence-corrected chi connectivity index (χ0v) is 20.9. The van der Waals surface area contributed by atoms with Crippen LogP contribution in [-0.4, -0.2) is 50.4 Å². The molecule has 0 aromatic heterocycles.